The van der Waals surface area contributed by atoms with Crippen LogP contribution in [0.1, 0.15) is 39.2 Å². The van der Waals surface area contributed by atoms with Gasteiger partial charge in [-0.3, -0.25) is 0 Å². The highest BCUT2D eigenvalue weighted by molar-refractivity contribution is 7.91. The highest BCUT2D eigenvalue weighted by atomic mass is 32.2. The summed E-state index contributed by atoms with van der Waals surface area (Å²) < 4.78 is 24.2. The molecule has 1 rings (SSSR count). The predicted molar refractivity (Wildman–Crippen MR) is 80.2 cm³/mol. The fourth-order valence-corrected chi connectivity index (χ4v) is 3.46. The first-order valence-electron chi connectivity index (χ1n) is 7.09. The minimum absolute atomic E-state index is 0.156. The van der Waals surface area contributed by atoms with Crippen molar-refractivity contribution < 1.29 is 8.42 Å². The molecule has 1 aromatic rings. The Bertz CT molecular complexity index is 477. The van der Waals surface area contributed by atoms with Gasteiger partial charge in [0.25, 0.3) is 0 Å². The van der Waals surface area contributed by atoms with Gasteiger partial charge in [0, 0.05) is 6.04 Å². The molecule has 0 radical (unpaired) electrons. The lowest BCUT2D eigenvalue weighted by Gasteiger charge is -2.19. The summed E-state index contributed by atoms with van der Waals surface area (Å²) in [5.41, 5.74) is 0.934. The maximum Gasteiger partial charge on any atom is 0.178 e. The van der Waals surface area contributed by atoms with E-state index in [-0.39, 0.29) is 5.75 Å². The Hall–Kier alpha value is -0.870. The van der Waals surface area contributed by atoms with Crippen LogP contribution < -0.4 is 5.32 Å². The molecule has 1 N–H and O–H groups in total. The van der Waals surface area contributed by atoms with Crippen LogP contribution >= 0.6 is 0 Å². The quantitative estimate of drug-likeness (QED) is 0.798. The maximum absolute atomic E-state index is 12.1. The molecule has 1 unspecified atom stereocenters. The summed E-state index contributed by atoms with van der Waals surface area (Å²) in [6.45, 7) is 6.84. The Morgan fingerprint density at radius 1 is 1.16 bits per heavy atom. The molecule has 1 aromatic carbocycles. The number of benzene rings is 1. The van der Waals surface area contributed by atoms with Gasteiger partial charge < -0.3 is 5.32 Å². The van der Waals surface area contributed by atoms with Crippen molar-refractivity contribution in [2.45, 2.75) is 51.0 Å². The summed E-state index contributed by atoms with van der Waals surface area (Å²) >= 11 is 0. The van der Waals surface area contributed by atoms with Crippen molar-refractivity contribution in [1.29, 1.82) is 0 Å². The van der Waals surface area contributed by atoms with E-state index in [9.17, 15) is 8.42 Å². The Morgan fingerprint density at radius 3 is 2.42 bits per heavy atom. The summed E-state index contributed by atoms with van der Waals surface area (Å²) in [5, 5.41) is 3.43. The van der Waals surface area contributed by atoms with Crippen LogP contribution in [0.3, 0.4) is 0 Å². The first kappa shape index (κ1) is 16.2. The molecule has 108 valence electrons. The number of hydrogen-bond donors (Lipinski definition) is 1. The zero-order valence-electron chi connectivity index (χ0n) is 12.1. The van der Waals surface area contributed by atoms with Crippen molar-refractivity contribution >= 4 is 9.84 Å². The molecule has 0 aliphatic rings. The van der Waals surface area contributed by atoms with Crippen molar-refractivity contribution in [2.75, 3.05) is 12.3 Å². The van der Waals surface area contributed by atoms with Gasteiger partial charge >= 0.3 is 0 Å². The second kappa shape index (κ2) is 7.65. The first-order chi connectivity index (χ1) is 9.05. The molecule has 0 aromatic heterocycles. The Labute approximate surface area is 117 Å². The highest BCUT2D eigenvalue weighted by Crippen LogP contribution is 2.19. The van der Waals surface area contributed by atoms with Crippen LogP contribution in [0.25, 0.3) is 0 Å². The highest BCUT2D eigenvalue weighted by Gasteiger charge is 2.18. The molecule has 19 heavy (non-hydrogen) atoms. The van der Waals surface area contributed by atoms with Crippen LogP contribution in [0.5, 0.6) is 0 Å². The second-order valence-corrected chi connectivity index (χ2v) is 7.01. The predicted octanol–water partition coefficient (Wildman–Crippen LogP) is 2.80. The van der Waals surface area contributed by atoms with Crippen LogP contribution in [0, 0.1) is 0 Å². The van der Waals surface area contributed by atoms with Gasteiger partial charge in [-0.15, -0.1) is 0 Å². The molecule has 3 nitrogen and oxygen atoms in total. The van der Waals surface area contributed by atoms with Gasteiger partial charge in [-0.1, -0.05) is 45.4 Å². The fourth-order valence-electron chi connectivity index (χ4n) is 2.31. The normalized spacial score (nSPS) is 13.4. The molecular weight excluding hydrogens is 258 g/mol. The van der Waals surface area contributed by atoms with Gasteiger partial charge in [-0.2, -0.15) is 0 Å². The molecule has 0 aliphatic carbocycles. The lowest BCUT2D eigenvalue weighted by atomic mass is 10.0. The molecule has 0 bridgehead atoms. The smallest absolute Gasteiger partial charge is 0.178 e. The largest absolute Gasteiger partial charge is 0.314 e. The molecule has 1 atom stereocenters. The summed E-state index contributed by atoms with van der Waals surface area (Å²) in [4.78, 5) is 0.497. The monoisotopic (exact) mass is 283 g/mol. The van der Waals surface area contributed by atoms with E-state index >= 15 is 0 Å². The van der Waals surface area contributed by atoms with Crippen molar-refractivity contribution in [2.24, 2.45) is 0 Å². The third-order valence-corrected chi connectivity index (χ3v) is 5.11. The summed E-state index contributed by atoms with van der Waals surface area (Å²) in [6.07, 6.45) is 2.94. The van der Waals surface area contributed by atoms with Crippen LogP contribution in [0.2, 0.25) is 0 Å². The van der Waals surface area contributed by atoms with Gasteiger partial charge in [0.2, 0.25) is 0 Å². The number of rotatable bonds is 8. The lowest BCUT2D eigenvalue weighted by Crippen LogP contribution is -2.31. The third-order valence-electron chi connectivity index (χ3n) is 3.28. The van der Waals surface area contributed by atoms with E-state index in [1.165, 1.54) is 0 Å². The third kappa shape index (κ3) is 4.62. The van der Waals surface area contributed by atoms with E-state index in [0.29, 0.717) is 10.9 Å². The van der Waals surface area contributed by atoms with Crippen LogP contribution in [-0.2, 0) is 16.3 Å². The van der Waals surface area contributed by atoms with Gasteiger partial charge in [-0.25, -0.2) is 8.42 Å². The maximum atomic E-state index is 12.1. The Balaban J connectivity index is 3.00. The summed E-state index contributed by atoms with van der Waals surface area (Å²) in [5.74, 6) is 0.156. The topological polar surface area (TPSA) is 46.2 Å². The molecule has 0 fully saturated rings. The zero-order valence-corrected chi connectivity index (χ0v) is 13.0. The van der Waals surface area contributed by atoms with Crippen molar-refractivity contribution in [3.63, 3.8) is 0 Å². The molecule has 0 amide bonds. The van der Waals surface area contributed by atoms with Crippen molar-refractivity contribution in [3.8, 4) is 0 Å². The minimum Gasteiger partial charge on any atom is -0.314 e. The second-order valence-electron chi connectivity index (χ2n) is 4.76. The van der Waals surface area contributed by atoms with E-state index in [1.807, 2.05) is 12.1 Å². The van der Waals surface area contributed by atoms with E-state index in [2.05, 4.69) is 19.2 Å². The van der Waals surface area contributed by atoms with Crippen LogP contribution in [0.15, 0.2) is 29.2 Å². The number of sulfone groups is 1. The average Bonchev–Trinajstić information content (AvgIpc) is 2.40. The number of likely N-dealkylation sites (N-methyl/N-ethyl adjacent to an activating group) is 1. The molecule has 0 saturated carbocycles. The van der Waals surface area contributed by atoms with Gasteiger partial charge in [0.05, 0.1) is 10.6 Å². The molecule has 0 aliphatic heterocycles. The van der Waals surface area contributed by atoms with E-state index in [4.69, 9.17) is 0 Å². The van der Waals surface area contributed by atoms with Crippen molar-refractivity contribution in [3.05, 3.63) is 29.8 Å². The van der Waals surface area contributed by atoms with Gasteiger partial charge in [-0.05, 0) is 31.0 Å². The van der Waals surface area contributed by atoms with E-state index < -0.39 is 9.84 Å². The molecule has 0 saturated heterocycles. The standard InChI is InChI=1S/C15H25NO2S/c1-4-9-14(16-5-2)12-13-10-7-8-11-15(13)19(17,18)6-3/h7-8,10-11,14,16H,4-6,9,12H2,1-3H3. The summed E-state index contributed by atoms with van der Waals surface area (Å²) in [7, 11) is -3.13. The Morgan fingerprint density at radius 2 is 1.84 bits per heavy atom. The van der Waals surface area contributed by atoms with Crippen LogP contribution in [0.4, 0.5) is 0 Å². The molecule has 4 heteroatoms. The van der Waals surface area contributed by atoms with Crippen molar-refractivity contribution in [1.82, 2.24) is 5.32 Å². The molecule has 0 heterocycles. The Kier molecular flexibility index (Phi) is 6.52. The van der Waals surface area contributed by atoms with Gasteiger partial charge in [0.15, 0.2) is 9.84 Å². The van der Waals surface area contributed by atoms with Gasteiger partial charge in [0.1, 0.15) is 0 Å². The SMILES string of the molecule is CCCC(Cc1ccccc1S(=O)(=O)CC)NCC. The van der Waals surface area contributed by atoms with E-state index in [0.717, 1.165) is 31.4 Å². The minimum atomic E-state index is -3.13. The fraction of sp³-hybridized carbons (Fsp3) is 0.600. The average molecular weight is 283 g/mol. The molecular formula is C15H25NO2S. The number of nitrogens with one attached hydrogen (secondary N) is 1. The number of hydrogen-bond acceptors (Lipinski definition) is 3. The summed E-state index contributed by atoms with van der Waals surface area (Å²) in [6, 6.07) is 7.72. The zero-order chi connectivity index (χ0) is 14.3. The molecule has 0 spiro atoms. The van der Waals surface area contributed by atoms with Crippen LogP contribution in [-0.4, -0.2) is 26.8 Å². The van der Waals surface area contributed by atoms with E-state index in [1.54, 1.807) is 19.1 Å². The lowest BCUT2D eigenvalue weighted by molar-refractivity contribution is 0.482. The first-order valence-corrected chi connectivity index (χ1v) is 8.74.